The summed E-state index contributed by atoms with van der Waals surface area (Å²) in [6.07, 6.45) is 0. The van der Waals surface area contributed by atoms with Gasteiger partial charge in [-0.3, -0.25) is 4.79 Å². The van der Waals surface area contributed by atoms with E-state index in [-0.39, 0.29) is 22.4 Å². The first-order chi connectivity index (χ1) is 6.60. The van der Waals surface area contributed by atoms with Gasteiger partial charge < -0.3 is 5.11 Å². The first-order valence-corrected chi connectivity index (χ1v) is 5.05. The highest BCUT2D eigenvalue weighted by Gasteiger charge is 2.12. The lowest BCUT2D eigenvalue weighted by molar-refractivity contribution is 0.102. The van der Waals surface area contributed by atoms with Crippen LogP contribution in [-0.4, -0.2) is 16.2 Å². The Kier molecular flexibility index (Phi) is 3.26. The van der Waals surface area contributed by atoms with Crippen molar-refractivity contribution in [3.8, 4) is 11.8 Å². The van der Waals surface area contributed by atoms with Gasteiger partial charge in [-0.25, -0.2) is 0 Å². The lowest BCUT2D eigenvalue weighted by Gasteiger charge is -2.05. The van der Waals surface area contributed by atoms with E-state index in [0.29, 0.717) is 11.1 Å². The molecule has 0 spiro atoms. The van der Waals surface area contributed by atoms with Crippen LogP contribution in [0.25, 0.3) is 0 Å². The summed E-state index contributed by atoms with van der Waals surface area (Å²) in [5.74, 6) is -0.164. The third-order valence-corrected chi connectivity index (χ3v) is 2.44. The van der Waals surface area contributed by atoms with E-state index < -0.39 is 0 Å². The van der Waals surface area contributed by atoms with Gasteiger partial charge in [-0.1, -0.05) is 15.9 Å². The van der Waals surface area contributed by atoms with E-state index in [0.717, 1.165) is 0 Å². The Labute approximate surface area is 90.1 Å². The summed E-state index contributed by atoms with van der Waals surface area (Å²) in [6.45, 7) is 1.65. The molecule has 0 radical (unpaired) electrons. The second kappa shape index (κ2) is 4.25. The lowest BCUT2D eigenvalue weighted by atomic mass is 10.0. The van der Waals surface area contributed by atoms with Gasteiger partial charge in [-0.15, -0.1) is 0 Å². The number of carbonyl (C=O) groups excluding carboxylic acids is 1. The van der Waals surface area contributed by atoms with E-state index in [4.69, 9.17) is 5.26 Å². The zero-order valence-electron chi connectivity index (χ0n) is 7.54. The van der Waals surface area contributed by atoms with Crippen molar-refractivity contribution in [2.24, 2.45) is 0 Å². The first-order valence-electron chi connectivity index (χ1n) is 3.93. The molecule has 72 valence electrons. The van der Waals surface area contributed by atoms with Crippen LogP contribution < -0.4 is 0 Å². The fraction of sp³-hybridized carbons (Fsp3) is 0.200. The molecule has 0 aliphatic rings. The third kappa shape index (κ3) is 1.94. The molecule has 1 aromatic carbocycles. The van der Waals surface area contributed by atoms with E-state index in [2.05, 4.69) is 15.9 Å². The van der Waals surface area contributed by atoms with Crippen LogP contribution in [0.3, 0.4) is 0 Å². The average molecular weight is 254 g/mol. The van der Waals surface area contributed by atoms with E-state index >= 15 is 0 Å². The molecule has 1 rings (SSSR count). The van der Waals surface area contributed by atoms with Gasteiger partial charge in [0.2, 0.25) is 0 Å². The molecule has 0 fully saturated rings. The van der Waals surface area contributed by atoms with Crippen LogP contribution in [0.1, 0.15) is 21.5 Å². The van der Waals surface area contributed by atoms with E-state index in [1.165, 1.54) is 12.1 Å². The number of carbonyl (C=O) groups is 1. The quantitative estimate of drug-likeness (QED) is 0.649. The lowest BCUT2D eigenvalue weighted by Crippen LogP contribution is -2.03. The van der Waals surface area contributed by atoms with Gasteiger partial charge in [0, 0.05) is 11.1 Å². The molecule has 0 amide bonds. The Balaban J connectivity index is 3.36. The minimum Gasteiger partial charge on any atom is -0.508 e. The number of hydrogen-bond donors (Lipinski definition) is 1. The molecule has 1 N–H and O–H groups in total. The van der Waals surface area contributed by atoms with Crippen LogP contribution in [0.2, 0.25) is 0 Å². The summed E-state index contributed by atoms with van der Waals surface area (Å²) >= 11 is 3.04. The van der Waals surface area contributed by atoms with Crippen molar-refractivity contribution in [1.29, 1.82) is 5.26 Å². The van der Waals surface area contributed by atoms with E-state index in [9.17, 15) is 9.90 Å². The molecule has 0 bridgehead atoms. The standard InChI is InChI=1S/C10H8BrNO2/c1-6-8(10(14)4-11)2-7(5-12)3-9(6)13/h2-3,13H,4H2,1H3. The molecule has 14 heavy (non-hydrogen) atoms. The minimum atomic E-state index is -0.144. The molecule has 0 heterocycles. The highest BCUT2D eigenvalue weighted by Crippen LogP contribution is 2.23. The zero-order chi connectivity index (χ0) is 10.7. The maximum Gasteiger partial charge on any atom is 0.173 e. The minimum absolute atomic E-state index is 0.0200. The predicted octanol–water partition coefficient (Wildman–Crippen LogP) is 2.15. The van der Waals surface area contributed by atoms with Crippen LogP contribution in [0.4, 0.5) is 0 Å². The van der Waals surface area contributed by atoms with Crippen LogP contribution in [-0.2, 0) is 0 Å². The molecule has 0 aliphatic carbocycles. The molecular weight excluding hydrogens is 246 g/mol. The Hall–Kier alpha value is -1.34. The topological polar surface area (TPSA) is 61.1 Å². The number of aromatic hydroxyl groups is 1. The van der Waals surface area contributed by atoms with E-state index in [1.54, 1.807) is 6.92 Å². The van der Waals surface area contributed by atoms with Crippen LogP contribution in [0.15, 0.2) is 12.1 Å². The highest BCUT2D eigenvalue weighted by molar-refractivity contribution is 9.09. The Bertz CT molecular complexity index is 421. The van der Waals surface area contributed by atoms with Gasteiger partial charge in [-0.05, 0) is 19.1 Å². The average Bonchev–Trinajstić information content (AvgIpc) is 2.20. The predicted molar refractivity (Wildman–Crippen MR) is 55.7 cm³/mol. The summed E-state index contributed by atoms with van der Waals surface area (Å²) in [5, 5.41) is 18.3. The second-order valence-electron chi connectivity index (χ2n) is 2.84. The number of ketones is 1. The first kappa shape index (κ1) is 10.7. The molecule has 0 aromatic heterocycles. The number of hydrogen-bond acceptors (Lipinski definition) is 3. The number of phenolic OH excluding ortho intramolecular Hbond substituents is 1. The number of nitriles is 1. The van der Waals surface area contributed by atoms with Crippen molar-refractivity contribution < 1.29 is 9.90 Å². The number of benzene rings is 1. The normalized spacial score (nSPS) is 9.50. The van der Waals surface area contributed by atoms with Gasteiger partial charge in [0.25, 0.3) is 0 Å². The smallest absolute Gasteiger partial charge is 0.173 e. The van der Waals surface area contributed by atoms with Crippen molar-refractivity contribution in [1.82, 2.24) is 0 Å². The largest absolute Gasteiger partial charge is 0.508 e. The summed E-state index contributed by atoms with van der Waals surface area (Å²) in [7, 11) is 0. The fourth-order valence-corrected chi connectivity index (χ4v) is 1.43. The van der Waals surface area contributed by atoms with Gasteiger partial charge in [0.1, 0.15) is 5.75 Å². The van der Waals surface area contributed by atoms with Crippen molar-refractivity contribution in [3.63, 3.8) is 0 Å². The summed E-state index contributed by atoms with van der Waals surface area (Å²) in [4.78, 5) is 11.4. The molecule has 0 aliphatic heterocycles. The summed E-state index contributed by atoms with van der Waals surface area (Å²) < 4.78 is 0. The SMILES string of the molecule is Cc1c(O)cc(C#N)cc1C(=O)CBr. The van der Waals surface area contributed by atoms with Gasteiger partial charge in [0.15, 0.2) is 5.78 Å². The Morgan fingerprint density at radius 2 is 2.29 bits per heavy atom. The zero-order valence-corrected chi connectivity index (χ0v) is 9.13. The van der Waals surface area contributed by atoms with Crippen LogP contribution in [0.5, 0.6) is 5.75 Å². The third-order valence-electron chi connectivity index (χ3n) is 1.93. The Morgan fingerprint density at radius 3 is 2.79 bits per heavy atom. The van der Waals surface area contributed by atoms with Crippen molar-refractivity contribution in [3.05, 3.63) is 28.8 Å². The van der Waals surface area contributed by atoms with Crippen LogP contribution >= 0.6 is 15.9 Å². The van der Waals surface area contributed by atoms with Crippen molar-refractivity contribution in [2.45, 2.75) is 6.92 Å². The number of rotatable bonds is 2. The molecule has 0 atom stereocenters. The molecule has 0 saturated carbocycles. The summed E-state index contributed by atoms with van der Waals surface area (Å²) in [6, 6.07) is 4.72. The van der Waals surface area contributed by atoms with Gasteiger partial charge in [0.05, 0.1) is 17.0 Å². The molecule has 0 saturated heterocycles. The number of nitrogens with zero attached hydrogens (tertiary/aromatic N) is 1. The van der Waals surface area contributed by atoms with Gasteiger partial charge >= 0.3 is 0 Å². The van der Waals surface area contributed by atoms with E-state index in [1.807, 2.05) is 6.07 Å². The molecule has 1 aromatic rings. The monoisotopic (exact) mass is 253 g/mol. The number of Topliss-reactive ketones (excluding diaryl/α,β-unsaturated/α-hetero) is 1. The Morgan fingerprint density at radius 1 is 1.64 bits per heavy atom. The molecule has 4 heteroatoms. The van der Waals surface area contributed by atoms with Crippen molar-refractivity contribution >= 4 is 21.7 Å². The molecular formula is C10H8BrNO2. The van der Waals surface area contributed by atoms with Gasteiger partial charge in [-0.2, -0.15) is 5.26 Å². The highest BCUT2D eigenvalue weighted by atomic mass is 79.9. The number of phenols is 1. The second-order valence-corrected chi connectivity index (χ2v) is 3.40. The van der Waals surface area contributed by atoms with Crippen LogP contribution in [0, 0.1) is 18.3 Å². The fourth-order valence-electron chi connectivity index (χ4n) is 1.13. The summed E-state index contributed by atoms with van der Waals surface area (Å²) in [5.41, 5.74) is 1.18. The maximum absolute atomic E-state index is 11.4. The number of halogens is 1. The molecule has 0 unspecified atom stereocenters. The maximum atomic E-state index is 11.4. The number of alkyl halides is 1. The van der Waals surface area contributed by atoms with Crippen molar-refractivity contribution in [2.75, 3.05) is 5.33 Å². The molecule has 3 nitrogen and oxygen atoms in total.